The molecule has 2 heterocycles. The number of methoxy groups -OCH3 is 1. The molecule has 0 saturated carbocycles. The van der Waals surface area contributed by atoms with Gasteiger partial charge in [-0.05, 0) is 44.7 Å². The van der Waals surface area contributed by atoms with Gasteiger partial charge in [-0.3, -0.25) is 10.1 Å². The molecule has 140 valence electrons. The Morgan fingerprint density at radius 3 is 2.85 bits per heavy atom. The summed E-state index contributed by atoms with van der Waals surface area (Å²) in [6.07, 6.45) is 5.93. The Kier molecular flexibility index (Phi) is 4.70. The fraction of sp³-hybridized carbons (Fsp3) is 0.350. The lowest BCUT2D eigenvalue weighted by molar-refractivity contribution is -0.111. The molecule has 0 atom stereocenters. The van der Waals surface area contributed by atoms with E-state index in [-0.39, 0.29) is 5.91 Å². The van der Waals surface area contributed by atoms with E-state index in [9.17, 15) is 4.79 Å². The molecular formula is C20H21N3O3S. The number of furan rings is 1. The largest absolute Gasteiger partial charge is 0.496 e. The van der Waals surface area contributed by atoms with Crippen LogP contribution in [-0.2, 0) is 17.6 Å². The third-order valence-electron chi connectivity index (χ3n) is 4.81. The van der Waals surface area contributed by atoms with Crippen molar-refractivity contribution in [2.24, 2.45) is 0 Å². The monoisotopic (exact) mass is 383 g/mol. The Balaban J connectivity index is 1.69. The summed E-state index contributed by atoms with van der Waals surface area (Å²) in [5, 5.41) is 13.0. The highest BCUT2D eigenvalue weighted by Gasteiger charge is 2.20. The van der Waals surface area contributed by atoms with Crippen LogP contribution in [-0.4, -0.2) is 23.2 Å². The number of carbonyl (C=O) groups excluding carboxylic acids is 1. The van der Waals surface area contributed by atoms with Crippen molar-refractivity contribution in [1.82, 2.24) is 10.2 Å². The van der Waals surface area contributed by atoms with Gasteiger partial charge in [0.1, 0.15) is 22.1 Å². The highest BCUT2D eigenvalue weighted by atomic mass is 32.1. The van der Waals surface area contributed by atoms with Gasteiger partial charge in [0.2, 0.25) is 11.0 Å². The summed E-state index contributed by atoms with van der Waals surface area (Å²) in [5.74, 6) is 1.54. The van der Waals surface area contributed by atoms with Crippen molar-refractivity contribution in [2.45, 2.75) is 39.5 Å². The van der Waals surface area contributed by atoms with Gasteiger partial charge in [0, 0.05) is 35.1 Å². The molecule has 1 aliphatic rings. The molecule has 7 heteroatoms. The molecule has 0 spiro atoms. The van der Waals surface area contributed by atoms with Crippen LogP contribution >= 0.6 is 11.3 Å². The van der Waals surface area contributed by atoms with Gasteiger partial charge >= 0.3 is 0 Å². The molecule has 0 bridgehead atoms. The molecule has 2 aromatic heterocycles. The van der Waals surface area contributed by atoms with E-state index in [0.29, 0.717) is 10.9 Å². The molecule has 0 unspecified atom stereocenters. The van der Waals surface area contributed by atoms with Crippen LogP contribution in [0.2, 0.25) is 0 Å². The number of amides is 1. The topological polar surface area (TPSA) is 77.2 Å². The van der Waals surface area contributed by atoms with E-state index in [1.54, 1.807) is 13.2 Å². The van der Waals surface area contributed by atoms with Gasteiger partial charge in [-0.2, -0.15) is 0 Å². The smallest absolute Gasteiger partial charge is 0.250 e. The molecule has 1 aliphatic carbocycles. The highest BCUT2D eigenvalue weighted by Crippen LogP contribution is 2.37. The Labute approximate surface area is 161 Å². The average molecular weight is 383 g/mol. The number of fused-ring (bicyclic) bond motifs is 3. The van der Waals surface area contributed by atoms with Crippen LogP contribution in [0, 0.1) is 6.92 Å². The van der Waals surface area contributed by atoms with Gasteiger partial charge in [-0.15, -0.1) is 10.2 Å². The second-order valence-electron chi connectivity index (χ2n) is 6.70. The minimum atomic E-state index is -0.236. The number of carbonyl (C=O) groups is 1. The molecule has 1 aromatic carbocycles. The normalized spacial score (nSPS) is 14.3. The number of aryl methyl sites for hydroxylation is 3. The van der Waals surface area contributed by atoms with Gasteiger partial charge in [0.25, 0.3) is 0 Å². The standard InChI is InChI=1S/C20H21N3O3S/c1-11(8-19(24)21-20-23-22-12(2)27-20)14-9-15-13-6-4-5-7-16(13)26-18(15)10-17(14)25-3/h8-10H,4-7H2,1-3H3,(H,21,23,24)/b11-8+. The van der Waals surface area contributed by atoms with Crippen LogP contribution in [0.4, 0.5) is 5.13 Å². The number of aromatic nitrogens is 2. The summed E-state index contributed by atoms with van der Waals surface area (Å²) >= 11 is 1.34. The number of anilines is 1. The summed E-state index contributed by atoms with van der Waals surface area (Å²) in [6, 6.07) is 4.00. The van der Waals surface area contributed by atoms with Crippen molar-refractivity contribution in [3.63, 3.8) is 0 Å². The fourth-order valence-corrected chi connectivity index (χ4v) is 4.12. The number of rotatable bonds is 4. The lowest BCUT2D eigenvalue weighted by Gasteiger charge is -2.11. The second-order valence-corrected chi connectivity index (χ2v) is 7.88. The molecule has 1 N–H and O–H groups in total. The van der Waals surface area contributed by atoms with Crippen molar-refractivity contribution in [2.75, 3.05) is 12.4 Å². The third kappa shape index (κ3) is 3.47. The average Bonchev–Trinajstić information content (AvgIpc) is 3.22. The lowest BCUT2D eigenvalue weighted by atomic mass is 9.94. The number of nitrogens with one attached hydrogen (secondary N) is 1. The van der Waals surface area contributed by atoms with Crippen LogP contribution in [0.15, 0.2) is 22.6 Å². The first-order valence-corrected chi connectivity index (χ1v) is 9.79. The van der Waals surface area contributed by atoms with Crippen molar-refractivity contribution in [3.8, 4) is 5.75 Å². The van der Waals surface area contributed by atoms with E-state index < -0.39 is 0 Å². The summed E-state index contributed by atoms with van der Waals surface area (Å²) < 4.78 is 11.6. The van der Waals surface area contributed by atoms with Crippen LogP contribution < -0.4 is 10.1 Å². The van der Waals surface area contributed by atoms with E-state index in [1.165, 1.54) is 29.7 Å². The number of hydrogen-bond acceptors (Lipinski definition) is 6. The fourth-order valence-electron chi connectivity index (χ4n) is 3.53. The van der Waals surface area contributed by atoms with Crippen molar-refractivity contribution in [1.29, 1.82) is 0 Å². The zero-order chi connectivity index (χ0) is 19.0. The first-order valence-electron chi connectivity index (χ1n) is 8.97. The first kappa shape index (κ1) is 17.7. The zero-order valence-corrected chi connectivity index (χ0v) is 16.4. The molecule has 6 nitrogen and oxygen atoms in total. The van der Waals surface area contributed by atoms with Crippen molar-refractivity contribution < 1.29 is 13.9 Å². The van der Waals surface area contributed by atoms with Crippen LogP contribution in [0.25, 0.3) is 16.5 Å². The SMILES string of the molecule is COc1cc2oc3c(c2cc1/C(C)=C/C(=O)Nc1nnc(C)s1)CCCC3. The van der Waals surface area contributed by atoms with Gasteiger partial charge in [-0.1, -0.05) is 11.3 Å². The molecule has 4 rings (SSSR count). The lowest BCUT2D eigenvalue weighted by Crippen LogP contribution is -2.08. The third-order valence-corrected chi connectivity index (χ3v) is 5.56. The maximum atomic E-state index is 12.3. The molecule has 27 heavy (non-hydrogen) atoms. The van der Waals surface area contributed by atoms with E-state index in [2.05, 4.69) is 21.6 Å². The van der Waals surface area contributed by atoms with Gasteiger partial charge in [0.15, 0.2) is 0 Å². The molecule has 0 radical (unpaired) electrons. The quantitative estimate of drug-likeness (QED) is 0.670. The van der Waals surface area contributed by atoms with Crippen molar-refractivity contribution >= 4 is 38.9 Å². The zero-order valence-electron chi connectivity index (χ0n) is 15.6. The van der Waals surface area contributed by atoms with Crippen LogP contribution in [0.5, 0.6) is 5.75 Å². The number of hydrogen-bond donors (Lipinski definition) is 1. The van der Waals surface area contributed by atoms with E-state index in [4.69, 9.17) is 9.15 Å². The summed E-state index contributed by atoms with van der Waals surface area (Å²) in [6.45, 7) is 3.75. The minimum Gasteiger partial charge on any atom is -0.496 e. The Hall–Kier alpha value is -2.67. The second kappa shape index (κ2) is 7.15. The molecule has 0 fully saturated rings. The van der Waals surface area contributed by atoms with Gasteiger partial charge in [0.05, 0.1) is 7.11 Å². The number of ether oxygens (including phenoxy) is 1. The Bertz CT molecular complexity index is 1050. The molecular weight excluding hydrogens is 362 g/mol. The Morgan fingerprint density at radius 2 is 2.11 bits per heavy atom. The molecule has 0 saturated heterocycles. The van der Waals surface area contributed by atoms with E-state index in [0.717, 1.165) is 45.7 Å². The predicted octanol–water partition coefficient (Wildman–Crippen LogP) is 4.52. The number of allylic oxidation sites excluding steroid dienone is 1. The first-order chi connectivity index (χ1) is 13.0. The maximum absolute atomic E-state index is 12.3. The predicted molar refractivity (Wildman–Crippen MR) is 106 cm³/mol. The van der Waals surface area contributed by atoms with E-state index in [1.807, 2.05) is 19.9 Å². The highest BCUT2D eigenvalue weighted by molar-refractivity contribution is 7.15. The van der Waals surface area contributed by atoms with Crippen LogP contribution in [0.1, 0.15) is 41.7 Å². The van der Waals surface area contributed by atoms with E-state index >= 15 is 0 Å². The van der Waals surface area contributed by atoms with Gasteiger partial charge < -0.3 is 9.15 Å². The number of nitrogens with zero attached hydrogens (tertiary/aromatic N) is 2. The summed E-state index contributed by atoms with van der Waals surface area (Å²) in [7, 11) is 1.63. The number of benzene rings is 1. The Morgan fingerprint density at radius 1 is 1.30 bits per heavy atom. The summed E-state index contributed by atoms with van der Waals surface area (Å²) in [5.41, 5.74) is 3.85. The maximum Gasteiger partial charge on any atom is 0.250 e. The van der Waals surface area contributed by atoms with Crippen LogP contribution in [0.3, 0.4) is 0 Å². The van der Waals surface area contributed by atoms with Gasteiger partial charge in [-0.25, -0.2) is 0 Å². The molecule has 0 aliphatic heterocycles. The molecule has 1 amide bonds. The van der Waals surface area contributed by atoms with Crippen molar-refractivity contribution in [3.05, 3.63) is 40.1 Å². The minimum absolute atomic E-state index is 0.236. The molecule has 3 aromatic rings. The summed E-state index contributed by atoms with van der Waals surface area (Å²) in [4.78, 5) is 12.3.